The average Bonchev–Trinajstić information content (AvgIpc) is 2.19. The second-order valence-electron chi connectivity index (χ2n) is 2.54. The largest absolute Gasteiger partial charge is 0.193 e. The van der Waals surface area contributed by atoms with Crippen LogP contribution in [0.2, 0.25) is 0 Å². The predicted octanol–water partition coefficient (Wildman–Crippen LogP) is 2.29. The summed E-state index contributed by atoms with van der Waals surface area (Å²) in [4.78, 5) is 0. The summed E-state index contributed by atoms with van der Waals surface area (Å²) >= 11 is 0. The van der Waals surface area contributed by atoms with Crippen molar-refractivity contribution in [2.24, 2.45) is 0 Å². The van der Waals surface area contributed by atoms with Crippen LogP contribution in [-0.2, 0) is 6.42 Å². The number of allylic oxidation sites excluding steroid dienone is 2. The highest BCUT2D eigenvalue weighted by atomic mass is 14.2. The molecule has 0 saturated carbocycles. The molecule has 0 atom stereocenters. The van der Waals surface area contributed by atoms with Crippen LogP contribution in [0.5, 0.6) is 0 Å². The van der Waals surface area contributed by atoms with Gasteiger partial charge in [0, 0.05) is 11.6 Å². The first-order valence-corrected chi connectivity index (χ1v) is 3.97. The van der Waals surface area contributed by atoms with Gasteiger partial charge in [-0.1, -0.05) is 30.2 Å². The van der Waals surface area contributed by atoms with Crippen LogP contribution in [0.4, 0.5) is 0 Å². The van der Waals surface area contributed by atoms with E-state index in [0.29, 0.717) is 6.42 Å². The summed E-state index contributed by atoms with van der Waals surface area (Å²) in [5, 5.41) is 8.29. The van der Waals surface area contributed by atoms with Gasteiger partial charge in [0.2, 0.25) is 0 Å². The molecule has 0 unspecified atom stereocenters. The van der Waals surface area contributed by atoms with Crippen molar-refractivity contribution in [2.45, 2.75) is 6.42 Å². The molecule has 0 saturated heterocycles. The topological polar surface area (TPSA) is 23.8 Å². The molecule has 62 valence electrons. The van der Waals surface area contributed by atoms with Crippen molar-refractivity contribution in [1.82, 2.24) is 0 Å². The third-order valence-electron chi connectivity index (χ3n) is 1.70. The summed E-state index contributed by atoms with van der Waals surface area (Å²) < 4.78 is 0. The molecule has 0 fully saturated rings. The number of hydrogen-bond donors (Lipinski definition) is 0. The van der Waals surface area contributed by atoms with E-state index >= 15 is 0 Å². The van der Waals surface area contributed by atoms with Gasteiger partial charge in [0.25, 0.3) is 0 Å². The molecule has 1 aromatic rings. The Balaban J connectivity index is 2.84. The molecule has 0 radical (unpaired) electrons. The highest BCUT2D eigenvalue weighted by Gasteiger charge is 1.94. The molecule has 0 amide bonds. The van der Waals surface area contributed by atoms with Gasteiger partial charge < -0.3 is 0 Å². The molecule has 0 N–H and O–H groups in total. The summed E-state index contributed by atoms with van der Waals surface area (Å²) in [5.74, 6) is 2.61. The van der Waals surface area contributed by atoms with Crippen LogP contribution < -0.4 is 0 Å². The minimum absolute atomic E-state index is 0.716. The van der Waals surface area contributed by atoms with Crippen LogP contribution in [0.25, 0.3) is 0 Å². The fraction of sp³-hybridized carbons (Fsp3) is 0.0833. The monoisotopic (exact) mass is 167 g/mol. The molecule has 0 aliphatic heterocycles. The molecular formula is C12H9N. The fourth-order valence-corrected chi connectivity index (χ4v) is 1.08. The van der Waals surface area contributed by atoms with E-state index in [2.05, 4.69) is 5.92 Å². The summed E-state index contributed by atoms with van der Waals surface area (Å²) in [6.45, 7) is 0. The lowest BCUT2D eigenvalue weighted by Crippen LogP contribution is -1.86. The van der Waals surface area contributed by atoms with E-state index in [-0.39, 0.29) is 0 Å². The van der Waals surface area contributed by atoms with Crippen molar-refractivity contribution in [3.8, 4) is 18.4 Å². The molecule has 1 nitrogen and oxygen atoms in total. The van der Waals surface area contributed by atoms with Crippen LogP contribution in [0.3, 0.4) is 0 Å². The van der Waals surface area contributed by atoms with E-state index < -0.39 is 0 Å². The van der Waals surface area contributed by atoms with E-state index in [1.807, 2.05) is 30.3 Å². The summed E-state index contributed by atoms with van der Waals surface area (Å²) in [5.41, 5.74) is 1.97. The number of hydrogen-bond acceptors (Lipinski definition) is 1. The minimum atomic E-state index is 0.716. The Morgan fingerprint density at radius 1 is 1.38 bits per heavy atom. The van der Waals surface area contributed by atoms with Crippen LogP contribution in [0.15, 0.2) is 36.4 Å². The Bertz CT molecular complexity index is 388. The molecule has 1 aromatic carbocycles. The molecule has 13 heavy (non-hydrogen) atoms. The van der Waals surface area contributed by atoms with Crippen molar-refractivity contribution >= 4 is 0 Å². The third kappa shape index (κ3) is 2.51. The van der Waals surface area contributed by atoms with Crippen LogP contribution in [0, 0.1) is 23.7 Å². The standard InChI is InChI=1S/C12H9N/c1-2-11-7-3-4-8-12(11)9-5-6-10-13/h1,3-8H,9H2/b6-5-. The summed E-state index contributed by atoms with van der Waals surface area (Å²) in [6.07, 6.45) is 9.30. The first-order chi connectivity index (χ1) is 6.38. The number of benzene rings is 1. The predicted molar refractivity (Wildman–Crippen MR) is 52.8 cm³/mol. The van der Waals surface area contributed by atoms with Crippen molar-refractivity contribution < 1.29 is 0 Å². The highest BCUT2D eigenvalue weighted by Crippen LogP contribution is 2.08. The molecule has 0 aliphatic rings. The number of nitrogens with zero attached hydrogens (tertiary/aromatic N) is 1. The highest BCUT2D eigenvalue weighted by molar-refractivity contribution is 5.40. The first kappa shape index (κ1) is 9.10. The molecular weight excluding hydrogens is 158 g/mol. The van der Waals surface area contributed by atoms with E-state index in [4.69, 9.17) is 11.7 Å². The molecule has 1 heteroatoms. The van der Waals surface area contributed by atoms with Crippen LogP contribution in [0.1, 0.15) is 11.1 Å². The van der Waals surface area contributed by atoms with Crippen molar-refractivity contribution in [3.63, 3.8) is 0 Å². The van der Waals surface area contributed by atoms with Gasteiger partial charge in [0.05, 0.1) is 6.07 Å². The molecule has 0 heterocycles. The van der Waals surface area contributed by atoms with Crippen molar-refractivity contribution in [2.75, 3.05) is 0 Å². The fourth-order valence-electron chi connectivity index (χ4n) is 1.08. The van der Waals surface area contributed by atoms with Gasteiger partial charge >= 0.3 is 0 Å². The smallest absolute Gasteiger partial charge is 0.0908 e. The zero-order valence-electron chi connectivity index (χ0n) is 7.20. The van der Waals surface area contributed by atoms with E-state index in [0.717, 1.165) is 11.1 Å². The maximum Gasteiger partial charge on any atom is 0.0908 e. The lowest BCUT2D eigenvalue weighted by Gasteiger charge is -1.98. The lowest BCUT2D eigenvalue weighted by molar-refractivity contribution is 1.25. The van der Waals surface area contributed by atoms with E-state index in [1.54, 1.807) is 6.08 Å². The molecule has 0 aliphatic carbocycles. The quantitative estimate of drug-likeness (QED) is 0.489. The number of nitriles is 1. The number of rotatable bonds is 2. The Labute approximate surface area is 78.3 Å². The Hall–Kier alpha value is -1.99. The van der Waals surface area contributed by atoms with Crippen LogP contribution >= 0.6 is 0 Å². The van der Waals surface area contributed by atoms with Crippen LogP contribution in [-0.4, -0.2) is 0 Å². The van der Waals surface area contributed by atoms with Crippen molar-refractivity contribution in [3.05, 3.63) is 47.5 Å². The SMILES string of the molecule is C#Cc1ccccc1C/C=C\C#N. The average molecular weight is 167 g/mol. The van der Waals surface area contributed by atoms with Gasteiger partial charge in [-0.3, -0.25) is 0 Å². The van der Waals surface area contributed by atoms with Gasteiger partial charge in [-0.15, -0.1) is 6.42 Å². The maximum absolute atomic E-state index is 8.29. The number of terminal acetylenes is 1. The maximum atomic E-state index is 8.29. The summed E-state index contributed by atoms with van der Waals surface area (Å²) in [6, 6.07) is 9.66. The van der Waals surface area contributed by atoms with Gasteiger partial charge in [0.1, 0.15) is 0 Å². The zero-order chi connectivity index (χ0) is 9.52. The second-order valence-corrected chi connectivity index (χ2v) is 2.54. The van der Waals surface area contributed by atoms with E-state index in [9.17, 15) is 0 Å². The summed E-state index contributed by atoms with van der Waals surface area (Å²) in [7, 11) is 0. The van der Waals surface area contributed by atoms with Gasteiger partial charge in [-0.2, -0.15) is 5.26 Å². The third-order valence-corrected chi connectivity index (χ3v) is 1.70. The van der Waals surface area contributed by atoms with Gasteiger partial charge in [-0.25, -0.2) is 0 Å². The Morgan fingerprint density at radius 3 is 2.85 bits per heavy atom. The molecule has 0 bridgehead atoms. The van der Waals surface area contributed by atoms with E-state index in [1.165, 1.54) is 6.08 Å². The van der Waals surface area contributed by atoms with Gasteiger partial charge in [0.15, 0.2) is 0 Å². The molecule has 0 spiro atoms. The first-order valence-electron chi connectivity index (χ1n) is 3.97. The second kappa shape index (κ2) is 4.80. The molecule has 0 aromatic heterocycles. The van der Waals surface area contributed by atoms with Gasteiger partial charge in [-0.05, 0) is 18.1 Å². The normalized spacial score (nSPS) is 9.38. The van der Waals surface area contributed by atoms with Crippen molar-refractivity contribution in [1.29, 1.82) is 5.26 Å². The zero-order valence-corrected chi connectivity index (χ0v) is 7.20. The molecule has 1 rings (SSSR count). The lowest BCUT2D eigenvalue weighted by atomic mass is 10.1. The Kier molecular flexibility index (Phi) is 3.36. The minimum Gasteiger partial charge on any atom is -0.193 e. The Morgan fingerprint density at radius 2 is 2.15 bits per heavy atom.